The molecular weight excluding hydrogens is 306 g/mol. The number of halogens is 5. The summed E-state index contributed by atoms with van der Waals surface area (Å²) in [4.78, 5) is 0. The van der Waals surface area contributed by atoms with Crippen LogP contribution in [0.5, 0.6) is 0 Å². The lowest BCUT2D eigenvalue weighted by molar-refractivity contribution is 0.456. The Balaban J connectivity index is 2.37. The number of rotatable bonds is 4. The van der Waals surface area contributed by atoms with Crippen molar-refractivity contribution in [2.75, 3.05) is 5.32 Å². The molecule has 0 fully saturated rings. The SMILES string of the molecule is CCC(Nc1c(F)c(F)cc(F)c1F)c1ccc(Cl)cc1. The van der Waals surface area contributed by atoms with Crippen LogP contribution in [-0.2, 0) is 0 Å². The fourth-order valence-corrected chi connectivity index (χ4v) is 2.12. The maximum Gasteiger partial charge on any atom is 0.185 e. The maximum absolute atomic E-state index is 13.7. The average Bonchev–Trinajstić information content (AvgIpc) is 2.47. The molecule has 0 radical (unpaired) electrons. The summed E-state index contributed by atoms with van der Waals surface area (Å²) in [5.74, 6) is -5.77. The van der Waals surface area contributed by atoms with Gasteiger partial charge < -0.3 is 5.32 Å². The normalized spacial score (nSPS) is 12.3. The Morgan fingerprint density at radius 3 is 2.00 bits per heavy atom. The molecule has 2 aromatic carbocycles. The molecule has 0 aliphatic carbocycles. The van der Waals surface area contributed by atoms with Gasteiger partial charge >= 0.3 is 0 Å². The molecule has 2 rings (SSSR count). The van der Waals surface area contributed by atoms with E-state index in [2.05, 4.69) is 5.32 Å². The van der Waals surface area contributed by atoms with Gasteiger partial charge in [-0.2, -0.15) is 0 Å². The van der Waals surface area contributed by atoms with Crippen LogP contribution in [0, 0.1) is 23.3 Å². The van der Waals surface area contributed by atoms with Gasteiger partial charge in [-0.3, -0.25) is 0 Å². The van der Waals surface area contributed by atoms with E-state index in [9.17, 15) is 17.6 Å². The minimum Gasteiger partial charge on any atom is -0.373 e. The molecule has 0 heterocycles. The van der Waals surface area contributed by atoms with Crippen LogP contribution in [-0.4, -0.2) is 0 Å². The summed E-state index contributed by atoms with van der Waals surface area (Å²) in [6.45, 7) is 1.78. The van der Waals surface area contributed by atoms with Gasteiger partial charge in [-0.15, -0.1) is 0 Å². The third kappa shape index (κ3) is 3.29. The van der Waals surface area contributed by atoms with Crippen LogP contribution in [0.15, 0.2) is 30.3 Å². The lowest BCUT2D eigenvalue weighted by Crippen LogP contribution is -2.13. The zero-order chi connectivity index (χ0) is 15.6. The molecule has 0 aromatic heterocycles. The second-order valence-corrected chi connectivity index (χ2v) is 4.94. The number of anilines is 1. The smallest absolute Gasteiger partial charge is 0.185 e. The molecule has 1 nitrogen and oxygen atoms in total. The third-order valence-electron chi connectivity index (χ3n) is 3.11. The Bertz CT molecular complexity index is 617. The van der Waals surface area contributed by atoms with Gasteiger partial charge in [-0.25, -0.2) is 17.6 Å². The van der Waals surface area contributed by atoms with E-state index < -0.39 is 35.0 Å². The molecule has 0 aliphatic rings. The molecule has 1 unspecified atom stereocenters. The van der Waals surface area contributed by atoms with Crippen LogP contribution in [0.1, 0.15) is 24.9 Å². The molecule has 0 saturated heterocycles. The molecule has 6 heteroatoms. The minimum atomic E-state index is -1.44. The molecule has 1 N–H and O–H groups in total. The Hall–Kier alpha value is -1.75. The summed E-state index contributed by atoms with van der Waals surface area (Å²) in [5, 5.41) is 3.03. The first-order valence-corrected chi connectivity index (χ1v) is 6.66. The van der Waals surface area contributed by atoms with E-state index in [1.54, 1.807) is 31.2 Å². The summed E-state index contributed by atoms with van der Waals surface area (Å²) in [6.07, 6.45) is 0.457. The highest BCUT2D eigenvalue weighted by Crippen LogP contribution is 2.29. The molecule has 0 aliphatic heterocycles. The molecule has 0 bridgehead atoms. The van der Waals surface area contributed by atoms with Gasteiger partial charge in [0, 0.05) is 11.1 Å². The highest BCUT2D eigenvalue weighted by Gasteiger charge is 2.21. The van der Waals surface area contributed by atoms with Crippen molar-refractivity contribution in [2.45, 2.75) is 19.4 Å². The van der Waals surface area contributed by atoms with Gasteiger partial charge in [0.25, 0.3) is 0 Å². The summed E-state index contributed by atoms with van der Waals surface area (Å²) < 4.78 is 53.7. The van der Waals surface area contributed by atoms with E-state index in [1.807, 2.05) is 0 Å². The first-order valence-electron chi connectivity index (χ1n) is 6.29. The first kappa shape index (κ1) is 15.6. The van der Waals surface area contributed by atoms with Crippen LogP contribution < -0.4 is 5.32 Å². The van der Waals surface area contributed by atoms with Gasteiger partial charge in [0.1, 0.15) is 5.69 Å². The van der Waals surface area contributed by atoms with Crippen LogP contribution in [0.4, 0.5) is 23.2 Å². The molecule has 1 atom stereocenters. The van der Waals surface area contributed by atoms with Crippen molar-refractivity contribution in [2.24, 2.45) is 0 Å². The minimum absolute atomic E-state index is 0.180. The second kappa shape index (κ2) is 6.35. The summed E-state index contributed by atoms with van der Waals surface area (Å²) in [6, 6.07) is 6.27. The zero-order valence-electron chi connectivity index (χ0n) is 11.1. The molecule has 0 spiro atoms. The van der Waals surface area contributed by atoms with E-state index in [0.29, 0.717) is 17.0 Å². The number of nitrogens with one attached hydrogen (secondary N) is 1. The van der Waals surface area contributed by atoms with Crippen LogP contribution >= 0.6 is 11.6 Å². The Kier molecular flexibility index (Phi) is 4.73. The Labute approximate surface area is 124 Å². The molecule has 21 heavy (non-hydrogen) atoms. The quantitative estimate of drug-likeness (QED) is 0.583. The fourth-order valence-electron chi connectivity index (χ4n) is 1.99. The Morgan fingerprint density at radius 2 is 1.52 bits per heavy atom. The first-order chi connectivity index (χ1) is 9.93. The van der Waals surface area contributed by atoms with Crippen molar-refractivity contribution in [3.8, 4) is 0 Å². The number of hydrogen-bond donors (Lipinski definition) is 1. The number of benzene rings is 2. The zero-order valence-corrected chi connectivity index (χ0v) is 11.8. The standard InChI is InChI=1S/C15H12ClF4N/c1-2-12(8-3-5-9(16)6-4-8)21-15-13(19)10(17)7-11(18)14(15)20/h3-7,12,21H,2H2,1H3. The molecular formula is C15H12ClF4N. The molecule has 2 aromatic rings. The average molecular weight is 318 g/mol. The topological polar surface area (TPSA) is 12.0 Å². The molecule has 0 saturated carbocycles. The van der Waals surface area contributed by atoms with Crippen molar-refractivity contribution in [1.82, 2.24) is 0 Å². The fraction of sp³-hybridized carbons (Fsp3) is 0.200. The third-order valence-corrected chi connectivity index (χ3v) is 3.36. The highest BCUT2D eigenvalue weighted by atomic mass is 35.5. The van der Waals surface area contributed by atoms with Crippen LogP contribution in [0.25, 0.3) is 0 Å². The van der Waals surface area contributed by atoms with Crippen molar-refractivity contribution < 1.29 is 17.6 Å². The van der Waals surface area contributed by atoms with Crippen molar-refractivity contribution in [3.05, 3.63) is 64.2 Å². The van der Waals surface area contributed by atoms with Crippen LogP contribution in [0.2, 0.25) is 5.02 Å². The van der Waals surface area contributed by atoms with Crippen LogP contribution in [0.3, 0.4) is 0 Å². The highest BCUT2D eigenvalue weighted by molar-refractivity contribution is 6.30. The van der Waals surface area contributed by atoms with E-state index in [4.69, 9.17) is 11.6 Å². The lowest BCUT2D eigenvalue weighted by atomic mass is 10.0. The Morgan fingerprint density at radius 1 is 1.00 bits per heavy atom. The van der Waals surface area contributed by atoms with E-state index in [1.165, 1.54) is 0 Å². The summed E-state index contributed by atoms with van der Waals surface area (Å²) in [5.41, 5.74) is -0.111. The second-order valence-electron chi connectivity index (χ2n) is 4.50. The largest absolute Gasteiger partial charge is 0.373 e. The van der Waals surface area contributed by atoms with E-state index in [0.717, 1.165) is 0 Å². The van der Waals surface area contributed by atoms with Gasteiger partial charge in [0.05, 0.1) is 6.04 Å². The predicted octanol–water partition coefficient (Wildman–Crippen LogP) is 5.46. The van der Waals surface area contributed by atoms with Crippen molar-refractivity contribution in [3.63, 3.8) is 0 Å². The predicted molar refractivity (Wildman–Crippen MR) is 74.4 cm³/mol. The van der Waals surface area contributed by atoms with Gasteiger partial charge in [-0.05, 0) is 24.1 Å². The van der Waals surface area contributed by atoms with E-state index in [-0.39, 0.29) is 6.07 Å². The molecule has 112 valence electrons. The lowest BCUT2D eigenvalue weighted by Gasteiger charge is -2.20. The van der Waals surface area contributed by atoms with Gasteiger partial charge in [0.2, 0.25) is 0 Å². The molecule has 0 amide bonds. The monoisotopic (exact) mass is 317 g/mol. The van der Waals surface area contributed by atoms with Gasteiger partial charge in [-0.1, -0.05) is 30.7 Å². The van der Waals surface area contributed by atoms with Gasteiger partial charge in [0.15, 0.2) is 23.3 Å². The summed E-state index contributed by atoms with van der Waals surface area (Å²) in [7, 11) is 0. The maximum atomic E-state index is 13.7. The summed E-state index contributed by atoms with van der Waals surface area (Å²) >= 11 is 5.77. The van der Waals surface area contributed by atoms with Crippen molar-refractivity contribution in [1.29, 1.82) is 0 Å². The van der Waals surface area contributed by atoms with E-state index >= 15 is 0 Å². The van der Waals surface area contributed by atoms with Crippen molar-refractivity contribution >= 4 is 17.3 Å². The number of hydrogen-bond acceptors (Lipinski definition) is 1.